The van der Waals surface area contributed by atoms with Gasteiger partial charge in [-0.2, -0.15) is 5.10 Å². The van der Waals surface area contributed by atoms with Crippen LogP contribution in [0, 0.1) is 6.92 Å². The lowest BCUT2D eigenvalue weighted by Gasteiger charge is -2.13. The number of rotatable bonds is 10. The molecule has 216 valence electrons. The lowest BCUT2D eigenvalue weighted by atomic mass is 10.1. The van der Waals surface area contributed by atoms with E-state index in [4.69, 9.17) is 21.1 Å². The molecular formula is C34H29ClN4O4. The fourth-order valence-electron chi connectivity index (χ4n) is 4.52. The van der Waals surface area contributed by atoms with Crippen LogP contribution in [0.3, 0.4) is 0 Å². The zero-order valence-corrected chi connectivity index (χ0v) is 24.3. The first-order valence-electron chi connectivity index (χ1n) is 13.5. The van der Waals surface area contributed by atoms with E-state index in [0.717, 1.165) is 22.6 Å². The predicted octanol–water partition coefficient (Wildman–Crippen LogP) is 6.90. The van der Waals surface area contributed by atoms with Gasteiger partial charge in [0.15, 0.2) is 18.1 Å². The first kappa shape index (κ1) is 29.2. The van der Waals surface area contributed by atoms with E-state index in [-0.39, 0.29) is 29.2 Å². The summed E-state index contributed by atoms with van der Waals surface area (Å²) in [4.78, 5) is 25.0. The van der Waals surface area contributed by atoms with Crippen LogP contribution in [0.1, 0.15) is 21.6 Å². The number of anilines is 1. The van der Waals surface area contributed by atoms with Gasteiger partial charge in [0.1, 0.15) is 0 Å². The second-order valence-electron chi connectivity index (χ2n) is 9.54. The molecule has 1 aromatic heterocycles. The molecule has 0 saturated heterocycles. The van der Waals surface area contributed by atoms with E-state index in [9.17, 15) is 9.59 Å². The van der Waals surface area contributed by atoms with Crippen LogP contribution < -0.4 is 20.2 Å². The number of carbonyl (C=O) groups excluding carboxylic acids is 2. The molecule has 5 aromatic rings. The minimum absolute atomic E-state index is 0.224. The summed E-state index contributed by atoms with van der Waals surface area (Å²) in [5, 5.41) is 7.05. The summed E-state index contributed by atoms with van der Waals surface area (Å²) in [6.45, 7) is 1.79. The minimum Gasteiger partial charge on any atom is -0.493 e. The van der Waals surface area contributed by atoms with Crippen LogP contribution >= 0.6 is 11.6 Å². The molecule has 5 rings (SSSR count). The van der Waals surface area contributed by atoms with E-state index < -0.39 is 0 Å². The van der Waals surface area contributed by atoms with Crippen molar-refractivity contribution in [2.24, 2.45) is 5.10 Å². The molecule has 9 heteroatoms. The highest BCUT2D eigenvalue weighted by Crippen LogP contribution is 2.36. The van der Waals surface area contributed by atoms with Gasteiger partial charge in [-0.3, -0.25) is 9.59 Å². The summed E-state index contributed by atoms with van der Waals surface area (Å²) in [5.74, 6) is -0.163. The largest absolute Gasteiger partial charge is 0.493 e. The average molecular weight is 593 g/mol. The van der Waals surface area contributed by atoms with Gasteiger partial charge in [0, 0.05) is 22.6 Å². The third kappa shape index (κ3) is 7.12. The molecule has 43 heavy (non-hydrogen) atoms. The lowest BCUT2D eigenvalue weighted by Crippen LogP contribution is -2.20. The van der Waals surface area contributed by atoms with Crippen molar-refractivity contribution in [3.05, 3.63) is 131 Å². The summed E-state index contributed by atoms with van der Waals surface area (Å²) in [6.07, 6.45) is 1.45. The number of benzene rings is 4. The number of aryl methyl sites for hydroxylation is 1. The number of hydrazone groups is 1. The molecule has 8 nitrogen and oxygen atoms in total. The van der Waals surface area contributed by atoms with Crippen LogP contribution in [0.5, 0.6) is 11.5 Å². The molecule has 2 N–H and O–H groups in total. The average Bonchev–Trinajstić information content (AvgIpc) is 3.42. The van der Waals surface area contributed by atoms with Crippen LogP contribution in [0.2, 0.25) is 5.02 Å². The molecule has 0 saturated carbocycles. The number of aromatic nitrogens is 1. The number of para-hydroxylation sites is 1. The summed E-state index contributed by atoms with van der Waals surface area (Å²) >= 11 is 6.42. The first-order chi connectivity index (χ1) is 20.9. The Bertz CT molecular complexity index is 1750. The maximum Gasteiger partial charge on any atom is 0.271 e. The second-order valence-corrected chi connectivity index (χ2v) is 9.95. The maximum atomic E-state index is 12.8. The summed E-state index contributed by atoms with van der Waals surface area (Å²) < 4.78 is 13.2. The predicted molar refractivity (Wildman–Crippen MR) is 170 cm³/mol. The van der Waals surface area contributed by atoms with E-state index in [2.05, 4.69) is 44.7 Å². The van der Waals surface area contributed by atoms with Gasteiger partial charge >= 0.3 is 0 Å². The minimum atomic E-state index is -0.363. The lowest BCUT2D eigenvalue weighted by molar-refractivity contribution is -0.118. The highest BCUT2D eigenvalue weighted by Gasteiger charge is 2.14. The fourth-order valence-corrected chi connectivity index (χ4v) is 4.79. The molecule has 0 aliphatic rings. The summed E-state index contributed by atoms with van der Waals surface area (Å²) in [5.41, 5.74) is 8.43. The van der Waals surface area contributed by atoms with Crippen molar-refractivity contribution in [3.63, 3.8) is 0 Å². The van der Waals surface area contributed by atoms with Crippen LogP contribution in [0.4, 0.5) is 5.69 Å². The molecule has 0 fully saturated rings. The van der Waals surface area contributed by atoms with E-state index in [1.54, 1.807) is 36.4 Å². The Morgan fingerprint density at radius 2 is 1.60 bits per heavy atom. The third-order valence-electron chi connectivity index (χ3n) is 6.57. The number of hydrogen-bond donors (Lipinski definition) is 2. The Hall–Kier alpha value is -5.34. The van der Waals surface area contributed by atoms with Crippen LogP contribution in [-0.4, -0.2) is 36.3 Å². The Balaban J connectivity index is 1.21. The fraction of sp³-hybridized carbons (Fsp3) is 0.0882. The molecule has 0 spiro atoms. The number of halogens is 1. The van der Waals surface area contributed by atoms with Crippen LogP contribution in [0.25, 0.3) is 16.9 Å². The summed E-state index contributed by atoms with van der Waals surface area (Å²) in [7, 11) is 1.47. The van der Waals surface area contributed by atoms with Gasteiger partial charge in [-0.05, 0) is 78.7 Å². The summed E-state index contributed by atoms with van der Waals surface area (Å²) in [6, 6.07) is 33.9. The molecule has 0 aliphatic carbocycles. The molecule has 2 amide bonds. The number of ether oxygens (including phenoxy) is 2. The van der Waals surface area contributed by atoms with Crippen LogP contribution in [0.15, 0.2) is 114 Å². The SMILES string of the molecule is COc1cc(/C=N/NC(=O)c2ccc(-n3c(C)ccc3-c3ccccc3)cc2)cc(Cl)c1OCC(=O)Nc1ccccc1. The number of carbonyl (C=O) groups is 2. The van der Waals surface area contributed by atoms with E-state index >= 15 is 0 Å². The quantitative estimate of drug-likeness (QED) is 0.136. The highest BCUT2D eigenvalue weighted by molar-refractivity contribution is 6.32. The van der Waals surface area contributed by atoms with Gasteiger partial charge in [-0.1, -0.05) is 60.1 Å². The third-order valence-corrected chi connectivity index (χ3v) is 6.85. The normalized spacial score (nSPS) is 10.9. The van der Waals surface area contributed by atoms with E-state index in [1.165, 1.54) is 13.3 Å². The monoisotopic (exact) mass is 592 g/mol. The van der Waals surface area contributed by atoms with E-state index in [0.29, 0.717) is 22.6 Å². The standard InChI is InChI=1S/C34H29ClN4O4/c1-23-13-18-30(25-9-5-3-6-10-25)39(23)28-16-14-26(15-17-28)34(41)38-36-21-24-19-29(35)33(31(20-24)42-2)43-22-32(40)37-27-11-7-4-8-12-27/h3-21H,22H2,1-2H3,(H,37,40)(H,38,41)/b36-21+. The zero-order chi connectivity index (χ0) is 30.2. The molecule has 0 unspecified atom stereocenters. The molecule has 0 bridgehead atoms. The van der Waals surface area contributed by atoms with Gasteiger partial charge in [0.05, 0.1) is 24.0 Å². The van der Waals surface area contributed by atoms with Crippen molar-refractivity contribution in [1.82, 2.24) is 9.99 Å². The number of nitrogens with one attached hydrogen (secondary N) is 2. The Labute approximate surface area is 254 Å². The number of methoxy groups -OCH3 is 1. The van der Waals surface area contributed by atoms with Crippen molar-refractivity contribution < 1.29 is 19.1 Å². The number of nitrogens with zero attached hydrogens (tertiary/aromatic N) is 2. The molecular weight excluding hydrogens is 564 g/mol. The Kier molecular flexibility index (Phi) is 9.19. The molecule has 0 radical (unpaired) electrons. The molecule has 0 aliphatic heterocycles. The van der Waals surface area contributed by atoms with Gasteiger partial charge in [-0.15, -0.1) is 0 Å². The second kappa shape index (κ2) is 13.5. The van der Waals surface area contributed by atoms with Gasteiger partial charge in [-0.25, -0.2) is 5.43 Å². The maximum absolute atomic E-state index is 12.8. The Morgan fingerprint density at radius 1 is 0.907 bits per heavy atom. The van der Waals surface area contributed by atoms with Crippen molar-refractivity contribution in [2.75, 3.05) is 19.0 Å². The molecule has 4 aromatic carbocycles. The van der Waals surface area contributed by atoms with Crippen molar-refractivity contribution in [1.29, 1.82) is 0 Å². The van der Waals surface area contributed by atoms with E-state index in [1.807, 2.05) is 55.5 Å². The smallest absolute Gasteiger partial charge is 0.271 e. The number of amides is 2. The zero-order valence-electron chi connectivity index (χ0n) is 23.6. The molecule has 0 atom stereocenters. The van der Waals surface area contributed by atoms with Gasteiger partial charge < -0.3 is 19.4 Å². The van der Waals surface area contributed by atoms with Gasteiger partial charge in [0.2, 0.25) is 0 Å². The Morgan fingerprint density at radius 3 is 2.30 bits per heavy atom. The number of hydrogen-bond acceptors (Lipinski definition) is 5. The first-order valence-corrected chi connectivity index (χ1v) is 13.8. The van der Waals surface area contributed by atoms with Crippen LogP contribution in [-0.2, 0) is 4.79 Å². The van der Waals surface area contributed by atoms with Crippen molar-refractivity contribution >= 4 is 35.3 Å². The van der Waals surface area contributed by atoms with Crippen molar-refractivity contribution in [3.8, 4) is 28.4 Å². The molecule has 1 heterocycles. The van der Waals surface area contributed by atoms with Gasteiger partial charge in [0.25, 0.3) is 11.8 Å². The van der Waals surface area contributed by atoms with Crippen molar-refractivity contribution in [2.45, 2.75) is 6.92 Å². The highest BCUT2D eigenvalue weighted by atomic mass is 35.5. The topological polar surface area (TPSA) is 93.9 Å².